The van der Waals surface area contributed by atoms with E-state index in [2.05, 4.69) is 25.3 Å². The molecule has 3 N–H and O–H groups in total. The van der Waals surface area contributed by atoms with Gasteiger partial charge in [0.2, 0.25) is 27.7 Å². The number of sulfonamides is 1. The SMILES string of the molecule is O=C(N[C@H]1CCCCC/C=C\[C@@H]2C[C@@]2(C(=O)NS(=O)(=O)C2CC2)NC(=O)[C@@H]2C[C@@H](Oc3nc4ccccc4nc3-c3cc4ccccc4o3)CN2C1=O)c1ccncn1. The monoisotopic (exact) mass is 818 g/mol. The quantitative estimate of drug-likeness (QED) is 0.190. The van der Waals surface area contributed by atoms with Gasteiger partial charge >= 0.3 is 0 Å². The fourth-order valence-corrected chi connectivity index (χ4v) is 9.35. The summed E-state index contributed by atoms with van der Waals surface area (Å²) < 4.78 is 40.9. The van der Waals surface area contributed by atoms with Crippen molar-refractivity contribution in [2.45, 2.75) is 86.8 Å². The Morgan fingerprint density at radius 1 is 0.966 bits per heavy atom. The van der Waals surface area contributed by atoms with Gasteiger partial charge in [-0.15, -0.1) is 0 Å². The number of nitrogens with zero attached hydrogens (tertiary/aromatic N) is 5. The molecule has 2 aliphatic heterocycles. The lowest BCUT2D eigenvalue weighted by molar-refractivity contribution is -0.141. The molecule has 4 amide bonds. The van der Waals surface area contributed by atoms with E-state index in [1.54, 1.807) is 6.07 Å². The van der Waals surface area contributed by atoms with Crippen molar-refractivity contribution in [2.24, 2.45) is 5.92 Å². The lowest BCUT2D eigenvalue weighted by atomic mass is 10.0. The molecule has 5 heterocycles. The molecule has 2 aliphatic carbocycles. The number of fused-ring (bicyclic) bond motifs is 4. The van der Waals surface area contributed by atoms with E-state index in [9.17, 15) is 27.6 Å². The highest BCUT2D eigenvalue weighted by molar-refractivity contribution is 7.91. The molecule has 304 valence electrons. The van der Waals surface area contributed by atoms with Gasteiger partial charge in [-0.3, -0.25) is 23.9 Å². The molecule has 0 radical (unpaired) electrons. The number of carbonyl (C=O) groups excluding carboxylic acids is 4. The van der Waals surface area contributed by atoms with Gasteiger partial charge in [-0.05, 0) is 68.9 Å². The van der Waals surface area contributed by atoms with Crippen molar-refractivity contribution in [3.8, 4) is 17.3 Å². The number of allylic oxidation sites excluding steroid dienone is 1. The lowest BCUT2D eigenvalue weighted by Crippen LogP contribution is -2.58. The summed E-state index contributed by atoms with van der Waals surface area (Å²) in [5.41, 5.74) is 0.666. The number of para-hydroxylation sites is 3. The van der Waals surface area contributed by atoms with Crippen LogP contribution in [-0.2, 0) is 24.4 Å². The molecule has 0 bridgehead atoms. The molecule has 5 aromatic rings. The molecule has 16 nitrogen and oxygen atoms in total. The van der Waals surface area contributed by atoms with E-state index >= 15 is 0 Å². The summed E-state index contributed by atoms with van der Waals surface area (Å²) in [7, 11) is -3.92. The van der Waals surface area contributed by atoms with Gasteiger partial charge in [-0.1, -0.05) is 55.3 Å². The van der Waals surface area contributed by atoms with Crippen LogP contribution in [-0.4, -0.2) is 92.4 Å². The standard InChI is InChI=1S/C42H42N8O8S/c51-37(31-18-19-43-24-44-31)46-32-14-5-3-1-2-4-11-26-22-42(26,41(54)49-59(55,56)28-16-17-28)48-38(52)33-21-27(23-50(33)40(32)53)57-39-36(45-29-12-7-8-13-30(29)47-39)35-20-25-10-6-9-15-34(25)58-35/h4,6-13,15,18-20,24,26-28,32-33H,1-3,5,14,16-17,21-23H2,(H,46,51)(H,48,52)(H,49,54)/b11-4-/t26-,27-,32+,33+,42-/m1/s1. The number of ether oxygens (including phenoxy) is 1. The third kappa shape index (κ3) is 7.86. The van der Waals surface area contributed by atoms with Gasteiger partial charge < -0.3 is 24.7 Å². The van der Waals surface area contributed by atoms with E-state index in [0.29, 0.717) is 53.8 Å². The van der Waals surface area contributed by atoms with Crippen LogP contribution in [0.1, 0.15) is 68.3 Å². The molecule has 3 fully saturated rings. The third-order valence-electron chi connectivity index (χ3n) is 11.4. The molecule has 0 unspecified atom stereocenters. The van der Waals surface area contributed by atoms with E-state index in [4.69, 9.17) is 19.1 Å². The smallest absolute Gasteiger partial charge is 0.270 e. The number of furan rings is 1. The van der Waals surface area contributed by atoms with Gasteiger partial charge in [-0.25, -0.2) is 28.4 Å². The van der Waals surface area contributed by atoms with Gasteiger partial charge in [0.15, 0.2) is 11.5 Å². The predicted molar refractivity (Wildman–Crippen MR) is 214 cm³/mol. The minimum Gasteiger partial charge on any atom is -0.471 e. The molecule has 9 rings (SSSR count). The molecule has 2 aromatic carbocycles. The number of aromatic nitrogens is 4. The lowest BCUT2D eigenvalue weighted by Gasteiger charge is -2.29. The highest BCUT2D eigenvalue weighted by Crippen LogP contribution is 2.46. The highest BCUT2D eigenvalue weighted by Gasteiger charge is 2.62. The molecule has 4 aliphatic rings. The molecule has 5 atom stereocenters. The molecule has 0 spiro atoms. The molecule has 1 saturated heterocycles. The Balaban J connectivity index is 1.06. The van der Waals surface area contributed by atoms with Gasteiger partial charge in [0, 0.05) is 23.9 Å². The first-order valence-corrected chi connectivity index (χ1v) is 21.5. The van der Waals surface area contributed by atoms with Crippen molar-refractivity contribution in [3.05, 3.63) is 91.0 Å². The van der Waals surface area contributed by atoms with Crippen LogP contribution in [0.25, 0.3) is 33.5 Å². The normalized spacial score (nSPS) is 25.5. The van der Waals surface area contributed by atoms with Gasteiger partial charge in [-0.2, -0.15) is 0 Å². The van der Waals surface area contributed by atoms with E-state index in [1.165, 1.54) is 23.5 Å². The maximum atomic E-state index is 14.7. The second-order valence-electron chi connectivity index (χ2n) is 15.6. The average Bonchev–Trinajstić information content (AvgIpc) is 4.13. The Morgan fingerprint density at radius 3 is 2.54 bits per heavy atom. The van der Waals surface area contributed by atoms with Crippen molar-refractivity contribution in [2.75, 3.05) is 6.54 Å². The molecular weight excluding hydrogens is 777 g/mol. The molecule has 3 aromatic heterocycles. The summed E-state index contributed by atoms with van der Waals surface area (Å²) in [5.74, 6) is -2.47. The van der Waals surface area contributed by atoms with E-state index in [1.807, 2.05) is 60.7 Å². The number of carbonyl (C=O) groups is 4. The number of benzene rings is 2. The number of rotatable bonds is 8. The van der Waals surface area contributed by atoms with Crippen molar-refractivity contribution in [1.29, 1.82) is 0 Å². The van der Waals surface area contributed by atoms with Gasteiger partial charge in [0.05, 0.1) is 22.8 Å². The summed E-state index contributed by atoms with van der Waals surface area (Å²) in [6.45, 7) is -0.0799. The maximum Gasteiger partial charge on any atom is 0.270 e. The summed E-state index contributed by atoms with van der Waals surface area (Å²) in [5, 5.41) is 5.94. The topological polar surface area (TPSA) is 216 Å². The van der Waals surface area contributed by atoms with Crippen molar-refractivity contribution in [3.63, 3.8) is 0 Å². The van der Waals surface area contributed by atoms with E-state index in [0.717, 1.165) is 18.2 Å². The summed E-state index contributed by atoms with van der Waals surface area (Å²) in [6, 6.07) is 15.9. The second-order valence-corrected chi connectivity index (χ2v) is 17.6. The number of amides is 4. The zero-order valence-corrected chi connectivity index (χ0v) is 32.8. The molecule has 59 heavy (non-hydrogen) atoms. The number of hydrogen-bond acceptors (Lipinski definition) is 12. The summed E-state index contributed by atoms with van der Waals surface area (Å²) in [6.07, 6.45) is 9.83. The predicted octanol–water partition coefficient (Wildman–Crippen LogP) is 3.98. The highest BCUT2D eigenvalue weighted by atomic mass is 32.2. The van der Waals surface area contributed by atoms with Crippen LogP contribution < -0.4 is 20.1 Å². The van der Waals surface area contributed by atoms with Crippen LogP contribution >= 0.6 is 0 Å². The van der Waals surface area contributed by atoms with Crippen LogP contribution in [0.4, 0.5) is 0 Å². The fourth-order valence-electron chi connectivity index (χ4n) is 7.99. The largest absolute Gasteiger partial charge is 0.471 e. The zero-order valence-electron chi connectivity index (χ0n) is 32.0. The maximum absolute atomic E-state index is 14.7. The molecular formula is C42H42N8O8S. The third-order valence-corrected chi connectivity index (χ3v) is 13.3. The Labute approximate surface area is 339 Å². The van der Waals surface area contributed by atoms with Crippen LogP contribution in [0, 0.1) is 5.92 Å². The minimum atomic E-state index is -3.92. The van der Waals surface area contributed by atoms with E-state index in [-0.39, 0.29) is 37.4 Å². The second kappa shape index (κ2) is 15.5. The number of hydrogen-bond donors (Lipinski definition) is 3. The minimum absolute atomic E-state index is 0.0171. The average molecular weight is 819 g/mol. The molecule has 2 saturated carbocycles. The number of nitrogens with one attached hydrogen (secondary N) is 3. The summed E-state index contributed by atoms with van der Waals surface area (Å²) in [4.78, 5) is 75.6. The Kier molecular flexibility index (Phi) is 10.1. The van der Waals surface area contributed by atoms with Crippen molar-refractivity contribution >= 4 is 55.7 Å². The Morgan fingerprint density at radius 2 is 1.76 bits per heavy atom. The Hall–Kier alpha value is -6.23. The zero-order chi connectivity index (χ0) is 40.7. The Bertz CT molecular complexity index is 2560. The fraction of sp³-hybridized carbons (Fsp3) is 0.381. The van der Waals surface area contributed by atoms with Crippen LogP contribution in [0.3, 0.4) is 0 Å². The first kappa shape index (κ1) is 38.3. The van der Waals surface area contributed by atoms with Crippen LogP contribution in [0.5, 0.6) is 5.88 Å². The van der Waals surface area contributed by atoms with E-state index < -0.39 is 68.5 Å². The van der Waals surface area contributed by atoms with Crippen molar-refractivity contribution in [1.82, 2.24) is 40.2 Å². The first-order valence-electron chi connectivity index (χ1n) is 19.9. The van der Waals surface area contributed by atoms with Crippen LogP contribution in [0.2, 0.25) is 0 Å². The van der Waals surface area contributed by atoms with Gasteiger partial charge in [0.1, 0.15) is 41.3 Å². The van der Waals surface area contributed by atoms with Gasteiger partial charge in [0.25, 0.3) is 11.8 Å². The van der Waals surface area contributed by atoms with Crippen LogP contribution in [0.15, 0.2) is 89.8 Å². The first-order chi connectivity index (χ1) is 28.6. The molecule has 17 heteroatoms. The van der Waals surface area contributed by atoms with Crippen molar-refractivity contribution < 1.29 is 36.7 Å². The summed E-state index contributed by atoms with van der Waals surface area (Å²) >= 11 is 0.